The molecular weight excluding hydrogens is 226 g/mol. The lowest BCUT2D eigenvalue weighted by Gasteiger charge is -2.18. The fourth-order valence-corrected chi connectivity index (χ4v) is 2.15. The molecule has 4 heteroatoms. The largest absolute Gasteiger partial charge is 0.439 e. The molecule has 0 aliphatic carbocycles. The fraction of sp³-hybridized carbons (Fsp3) is 0.500. The Balaban J connectivity index is 2.14. The Morgan fingerprint density at radius 1 is 1.22 bits per heavy atom. The molecule has 2 rings (SSSR count). The third-order valence-electron chi connectivity index (χ3n) is 2.89. The number of nitrogen functional groups attached to an aromatic ring is 1. The number of rotatable bonds is 6. The maximum Gasteiger partial charge on any atom is 0.209 e. The molecule has 0 saturated heterocycles. The minimum atomic E-state index is 0.723. The number of hydrogen-bond donors (Lipinski definition) is 1. The van der Waals surface area contributed by atoms with E-state index in [1.165, 1.54) is 0 Å². The third kappa shape index (κ3) is 3.01. The Labute approximate surface area is 108 Å². The van der Waals surface area contributed by atoms with E-state index in [0.29, 0.717) is 0 Å². The van der Waals surface area contributed by atoms with E-state index in [9.17, 15) is 0 Å². The highest BCUT2D eigenvalue weighted by atomic mass is 16.3. The highest BCUT2D eigenvalue weighted by molar-refractivity contribution is 5.76. The molecule has 98 valence electrons. The highest BCUT2D eigenvalue weighted by Crippen LogP contribution is 2.19. The number of nitrogens with zero attached hydrogens (tertiary/aromatic N) is 2. The molecule has 0 amide bonds. The number of benzene rings is 1. The maximum absolute atomic E-state index is 5.74. The van der Waals surface area contributed by atoms with Crippen LogP contribution in [-0.4, -0.2) is 23.0 Å². The van der Waals surface area contributed by atoms with Crippen molar-refractivity contribution in [2.75, 3.05) is 18.8 Å². The van der Waals surface area contributed by atoms with Crippen molar-refractivity contribution >= 4 is 16.8 Å². The van der Waals surface area contributed by atoms with Crippen LogP contribution in [0.2, 0.25) is 0 Å². The predicted molar refractivity (Wildman–Crippen MR) is 74.3 cm³/mol. The summed E-state index contributed by atoms with van der Waals surface area (Å²) in [6, 6.07) is 5.57. The summed E-state index contributed by atoms with van der Waals surface area (Å²) < 4.78 is 5.74. The molecular formula is C14H21N3O. The number of aromatic nitrogens is 1. The molecule has 2 aromatic rings. The Morgan fingerprint density at radius 3 is 2.61 bits per heavy atom. The summed E-state index contributed by atoms with van der Waals surface area (Å²) in [5, 5.41) is 0. The third-order valence-corrected chi connectivity index (χ3v) is 2.89. The van der Waals surface area contributed by atoms with Gasteiger partial charge in [0.25, 0.3) is 0 Å². The van der Waals surface area contributed by atoms with Crippen LogP contribution in [0.4, 0.5) is 5.69 Å². The monoisotopic (exact) mass is 247 g/mol. The molecule has 0 radical (unpaired) electrons. The fourth-order valence-electron chi connectivity index (χ4n) is 2.15. The Hall–Kier alpha value is -1.55. The molecule has 18 heavy (non-hydrogen) atoms. The van der Waals surface area contributed by atoms with E-state index >= 15 is 0 Å². The van der Waals surface area contributed by atoms with E-state index < -0.39 is 0 Å². The number of nitrogens with two attached hydrogens (primary N) is 1. The van der Waals surface area contributed by atoms with Crippen molar-refractivity contribution in [1.29, 1.82) is 0 Å². The molecule has 0 saturated carbocycles. The first-order chi connectivity index (χ1) is 8.72. The van der Waals surface area contributed by atoms with Gasteiger partial charge in [0.15, 0.2) is 5.58 Å². The van der Waals surface area contributed by atoms with Gasteiger partial charge < -0.3 is 10.2 Å². The molecule has 1 aromatic carbocycles. The molecule has 1 aromatic heterocycles. The molecule has 0 aliphatic rings. The van der Waals surface area contributed by atoms with E-state index in [0.717, 1.165) is 55.2 Å². The van der Waals surface area contributed by atoms with Crippen LogP contribution in [0.15, 0.2) is 22.6 Å². The minimum absolute atomic E-state index is 0.723. The lowest BCUT2D eigenvalue weighted by Crippen LogP contribution is -2.24. The zero-order chi connectivity index (χ0) is 13.0. The van der Waals surface area contributed by atoms with Crippen molar-refractivity contribution in [3.05, 3.63) is 24.1 Å². The van der Waals surface area contributed by atoms with Gasteiger partial charge in [-0.15, -0.1) is 0 Å². The van der Waals surface area contributed by atoms with Crippen LogP contribution >= 0.6 is 0 Å². The van der Waals surface area contributed by atoms with E-state index in [4.69, 9.17) is 10.2 Å². The van der Waals surface area contributed by atoms with E-state index in [1.54, 1.807) is 0 Å². The van der Waals surface area contributed by atoms with Crippen LogP contribution in [-0.2, 0) is 6.54 Å². The standard InChI is InChI=1S/C14H21N3O/c1-3-7-17(8-4-2)10-14-16-12-9-11(15)5-6-13(12)18-14/h5-6,9H,3-4,7-8,10,15H2,1-2H3. The lowest BCUT2D eigenvalue weighted by molar-refractivity contribution is 0.242. The molecule has 4 nitrogen and oxygen atoms in total. The average molecular weight is 247 g/mol. The Kier molecular flexibility index (Phi) is 4.20. The molecule has 2 N–H and O–H groups in total. The van der Waals surface area contributed by atoms with Gasteiger partial charge in [0, 0.05) is 5.69 Å². The summed E-state index contributed by atoms with van der Waals surface area (Å²) in [5.74, 6) is 0.775. The zero-order valence-electron chi connectivity index (χ0n) is 11.1. The molecule has 0 fully saturated rings. The van der Waals surface area contributed by atoms with Gasteiger partial charge in [0.05, 0.1) is 6.54 Å². The van der Waals surface area contributed by atoms with Crippen LogP contribution in [0, 0.1) is 0 Å². The van der Waals surface area contributed by atoms with E-state index in [1.807, 2.05) is 18.2 Å². The van der Waals surface area contributed by atoms with Crippen molar-refractivity contribution < 1.29 is 4.42 Å². The molecule has 0 unspecified atom stereocenters. The predicted octanol–water partition coefficient (Wildman–Crippen LogP) is 3.03. The van der Waals surface area contributed by atoms with Gasteiger partial charge >= 0.3 is 0 Å². The number of anilines is 1. The number of oxazole rings is 1. The molecule has 0 spiro atoms. The minimum Gasteiger partial charge on any atom is -0.439 e. The zero-order valence-corrected chi connectivity index (χ0v) is 11.1. The van der Waals surface area contributed by atoms with Crippen molar-refractivity contribution in [2.45, 2.75) is 33.2 Å². The number of hydrogen-bond acceptors (Lipinski definition) is 4. The van der Waals surface area contributed by atoms with Gasteiger partial charge in [-0.1, -0.05) is 13.8 Å². The van der Waals surface area contributed by atoms with Crippen LogP contribution < -0.4 is 5.73 Å². The quantitative estimate of drug-likeness (QED) is 0.797. The van der Waals surface area contributed by atoms with Gasteiger partial charge in [-0.2, -0.15) is 0 Å². The molecule has 0 atom stereocenters. The van der Waals surface area contributed by atoms with Crippen LogP contribution in [0.3, 0.4) is 0 Å². The summed E-state index contributed by atoms with van der Waals surface area (Å²) in [6.45, 7) is 7.31. The second-order valence-electron chi connectivity index (χ2n) is 4.61. The topological polar surface area (TPSA) is 55.3 Å². The van der Waals surface area contributed by atoms with E-state index in [-0.39, 0.29) is 0 Å². The highest BCUT2D eigenvalue weighted by Gasteiger charge is 2.10. The average Bonchev–Trinajstić information content (AvgIpc) is 2.71. The van der Waals surface area contributed by atoms with Crippen molar-refractivity contribution in [3.8, 4) is 0 Å². The first-order valence-corrected chi connectivity index (χ1v) is 6.60. The van der Waals surface area contributed by atoms with Crippen LogP contribution in [0.25, 0.3) is 11.1 Å². The van der Waals surface area contributed by atoms with Crippen LogP contribution in [0.5, 0.6) is 0 Å². The molecule has 0 bridgehead atoms. The maximum atomic E-state index is 5.74. The van der Waals surface area contributed by atoms with Crippen molar-refractivity contribution in [2.24, 2.45) is 0 Å². The summed E-state index contributed by atoms with van der Waals surface area (Å²) in [4.78, 5) is 6.86. The van der Waals surface area contributed by atoms with Crippen LogP contribution in [0.1, 0.15) is 32.6 Å². The van der Waals surface area contributed by atoms with Crippen molar-refractivity contribution in [3.63, 3.8) is 0 Å². The molecule has 1 heterocycles. The summed E-state index contributed by atoms with van der Waals surface area (Å²) >= 11 is 0. The van der Waals surface area contributed by atoms with Gasteiger partial charge in [-0.3, -0.25) is 4.90 Å². The Morgan fingerprint density at radius 2 is 1.94 bits per heavy atom. The summed E-state index contributed by atoms with van der Waals surface area (Å²) in [7, 11) is 0. The smallest absolute Gasteiger partial charge is 0.209 e. The normalized spacial score (nSPS) is 11.5. The molecule has 0 aliphatic heterocycles. The second-order valence-corrected chi connectivity index (χ2v) is 4.61. The van der Waals surface area contributed by atoms with Gasteiger partial charge in [0.1, 0.15) is 5.52 Å². The lowest BCUT2D eigenvalue weighted by atomic mass is 10.3. The van der Waals surface area contributed by atoms with Gasteiger partial charge in [-0.25, -0.2) is 4.98 Å². The summed E-state index contributed by atoms with van der Waals surface area (Å²) in [6.07, 6.45) is 2.29. The Bertz CT molecular complexity index is 501. The first-order valence-electron chi connectivity index (χ1n) is 6.60. The van der Waals surface area contributed by atoms with Crippen molar-refractivity contribution in [1.82, 2.24) is 9.88 Å². The second kappa shape index (κ2) is 5.87. The SMILES string of the molecule is CCCN(CCC)Cc1nc2cc(N)ccc2o1. The summed E-state index contributed by atoms with van der Waals surface area (Å²) in [5.41, 5.74) is 8.12. The van der Waals surface area contributed by atoms with Gasteiger partial charge in [-0.05, 0) is 44.1 Å². The van der Waals surface area contributed by atoms with Gasteiger partial charge in [0.2, 0.25) is 5.89 Å². The van der Waals surface area contributed by atoms with E-state index in [2.05, 4.69) is 23.7 Å². The first kappa shape index (κ1) is 12.9. The number of fused-ring (bicyclic) bond motifs is 1.